The number of carbonyl (C=O) groups is 1. The van der Waals surface area contributed by atoms with Crippen molar-refractivity contribution in [1.82, 2.24) is 9.97 Å². The van der Waals surface area contributed by atoms with Gasteiger partial charge in [0.25, 0.3) is 0 Å². The van der Waals surface area contributed by atoms with E-state index in [4.69, 9.17) is 4.74 Å². The Labute approximate surface area is 108 Å². The number of allylic oxidation sites excluding steroid dienone is 1. The van der Waals surface area contributed by atoms with Crippen LogP contribution in [-0.2, 0) is 0 Å². The maximum atomic E-state index is 12.1. The number of hydrogen-bond acceptors (Lipinski definition) is 5. The summed E-state index contributed by atoms with van der Waals surface area (Å²) < 4.78 is 5.31. The molecule has 6 nitrogen and oxygen atoms in total. The van der Waals surface area contributed by atoms with Gasteiger partial charge < -0.3 is 19.9 Å². The summed E-state index contributed by atoms with van der Waals surface area (Å²) in [4.78, 5) is 19.0. The minimum Gasteiger partial charge on any atom is -0.504 e. The van der Waals surface area contributed by atoms with Crippen LogP contribution in [0, 0.1) is 6.92 Å². The largest absolute Gasteiger partial charge is 0.504 e. The van der Waals surface area contributed by atoms with Gasteiger partial charge in [0.2, 0.25) is 11.5 Å². The second kappa shape index (κ2) is 3.88. The zero-order valence-electron chi connectivity index (χ0n) is 9.97. The minimum absolute atomic E-state index is 0.0200. The van der Waals surface area contributed by atoms with Gasteiger partial charge in [0.1, 0.15) is 0 Å². The average Bonchev–Trinajstić information content (AvgIpc) is 2.92. The molecule has 0 fully saturated rings. The van der Waals surface area contributed by atoms with Crippen molar-refractivity contribution in [3.05, 3.63) is 41.2 Å². The van der Waals surface area contributed by atoms with Gasteiger partial charge in [-0.2, -0.15) is 0 Å². The third kappa shape index (κ3) is 1.65. The molecule has 1 aromatic heterocycles. The summed E-state index contributed by atoms with van der Waals surface area (Å²) in [6.45, 7) is 1.79. The number of hydrogen-bond donors (Lipinski definition) is 3. The number of Topliss-reactive ketones (excluding diaryl/α,β-unsaturated/α-hetero) is 1. The van der Waals surface area contributed by atoms with Gasteiger partial charge >= 0.3 is 0 Å². The number of nitrogens with one attached hydrogen (secondary N) is 1. The molecule has 1 aromatic carbocycles. The number of phenolic OH excluding ortho intramolecular Hbond substituents is 2. The molecule has 6 heteroatoms. The Balaban J connectivity index is 2.07. The van der Waals surface area contributed by atoms with Gasteiger partial charge in [0, 0.05) is 6.08 Å². The summed E-state index contributed by atoms with van der Waals surface area (Å²) in [5.74, 6) is -1.06. The van der Waals surface area contributed by atoms with Crippen LogP contribution in [0.2, 0.25) is 0 Å². The predicted octanol–water partition coefficient (Wildman–Crippen LogP) is 1.75. The SMILES string of the molecule is Cc1nc[nH]c1/C=C1\Oc2c(ccc(O)c2O)C1=O. The van der Waals surface area contributed by atoms with Crippen LogP contribution < -0.4 is 4.74 Å². The lowest BCUT2D eigenvalue weighted by Gasteiger charge is -2.02. The maximum absolute atomic E-state index is 12.1. The van der Waals surface area contributed by atoms with Crippen LogP contribution >= 0.6 is 0 Å². The molecule has 0 bridgehead atoms. The number of fused-ring (bicyclic) bond motifs is 1. The molecule has 3 N–H and O–H groups in total. The van der Waals surface area contributed by atoms with Crippen molar-refractivity contribution in [3.63, 3.8) is 0 Å². The summed E-state index contributed by atoms with van der Waals surface area (Å²) in [6, 6.07) is 2.66. The standard InChI is InChI=1S/C13H10N2O4/c1-6-8(15-5-14-6)4-10-11(17)7-2-3-9(16)12(18)13(7)19-10/h2-5,16,18H,1H3,(H,14,15)/b10-4-. The van der Waals surface area contributed by atoms with Crippen LogP contribution in [0.1, 0.15) is 21.7 Å². The molecule has 0 unspecified atom stereocenters. The van der Waals surface area contributed by atoms with Crippen LogP contribution in [0.3, 0.4) is 0 Å². The number of nitrogens with zero attached hydrogens (tertiary/aromatic N) is 1. The fraction of sp³-hybridized carbons (Fsp3) is 0.0769. The highest BCUT2D eigenvalue weighted by Crippen LogP contribution is 2.44. The van der Waals surface area contributed by atoms with Crippen molar-refractivity contribution < 1.29 is 19.7 Å². The Bertz CT molecular complexity index is 715. The van der Waals surface area contributed by atoms with Gasteiger partial charge in [-0.25, -0.2) is 4.98 Å². The van der Waals surface area contributed by atoms with E-state index < -0.39 is 5.75 Å². The summed E-state index contributed by atoms with van der Waals surface area (Å²) in [5.41, 5.74) is 1.60. The van der Waals surface area contributed by atoms with Crippen molar-refractivity contribution in [2.75, 3.05) is 0 Å². The molecule has 0 saturated carbocycles. The highest BCUT2D eigenvalue weighted by molar-refractivity contribution is 6.15. The second-order valence-electron chi connectivity index (χ2n) is 4.15. The molecule has 0 aliphatic carbocycles. The maximum Gasteiger partial charge on any atom is 0.232 e. The van der Waals surface area contributed by atoms with Crippen molar-refractivity contribution in [3.8, 4) is 17.2 Å². The first-order valence-electron chi connectivity index (χ1n) is 5.57. The normalized spacial score (nSPS) is 15.6. The van der Waals surface area contributed by atoms with E-state index in [0.29, 0.717) is 5.69 Å². The molecule has 2 aromatic rings. The Kier molecular flexibility index (Phi) is 2.31. The fourth-order valence-electron chi connectivity index (χ4n) is 1.88. The summed E-state index contributed by atoms with van der Waals surface area (Å²) in [7, 11) is 0. The number of aromatic hydroxyl groups is 2. The third-order valence-corrected chi connectivity index (χ3v) is 2.93. The summed E-state index contributed by atoms with van der Waals surface area (Å²) in [5, 5.41) is 19.0. The van der Waals surface area contributed by atoms with E-state index in [9.17, 15) is 15.0 Å². The van der Waals surface area contributed by atoms with E-state index >= 15 is 0 Å². The lowest BCUT2D eigenvalue weighted by atomic mass is 10.1. The Hall–Kier alpha value is -2.76. The van der Waals surface area contributed by atoms with Gasteiger partial charge in [0.05, 0.1) is 23.3 Å². The van der Waals surface area contributed by atoms with Crippen molar-refractivity contribution in [2.24, 2.45) is 0 Å². The fourth-order valence-corrected chi connectivity index (χ4v) is 1.88. The quantitative estimate of drug-likeness (QED) is 0.535. The molecular weight excluding hydrogens is 248 g/mol. The summed E-state index contributed by atoms with van der Waals surface area (Å²) >= 11 is 0. The molecule has 0 radical (unpaired) electrons. The first kappa shape index (κ1) is 11.3. The second-order valence-corrected chi connectivity index (χ2v) is 4.15. The van der Waals surface area contributed by atoms with E-state index in [0.717, 1.165) is 5.69 Å². The third-order valence-electron chi connectivity index (χ3n) is 2.93. The summed E-state index contributed by atoms with van der Waals surface area (Å²) in [6.07, 6.45) is 3.03. The number of benzene rings is 1. The number of rotatable bonds is 1. The van der Waals surface area contributed by atoms with Crippen molar-refractivity contribution in [2.45, 2.75) is 6.92 Å². The van der Waals surface area contributed by atoms with Crippen LogP contribution in [0.5, 0.6) is 17.2 Å². The number of ketones is 1. The van der Waals surface area contributed by atoms with Crippen LogP contribution in [0.15, 0.2) is 24.2 Å². The van der Waals surface area contributed by atoms with Crippen LogP contribution in [0.25, 0.3) is 6.08 Å². The molecule has 2 heterocycles. The molecule has 0 amide bonds. The molecule has 19 heavy (non-hydrogen) atoms. The van der Waals surface area contributed by atoms with E-state index in [1.54, 1.807) is 6.92 Å². The Morgan fingerprint density at radius 1 is 1.37 bits per heavy atom. The number of carbonyl (C=O) groups excluding carboxylic acids is 1. The van der Waals surface area contributed by atoms with Crippen molar-refractivity contribution in [1.29, 1.82) is 0 Å². The predicted molar refractivity (Wildman–Crippen MR) is 66.0 cm³/mol. The number of ether oxygens (including phenoxy) is 1. The average molecular weight is 258 g/mol. The van der Waals surface area contributed by atoms with Gasteiger partial charge in [-0.05, 0) is 19.1 Å². The number of aryl methyl sites for hydroxylation is 1. The van der Waals surface area contributed by atoms with E-state index in [1.807, 2.05) is 0 Å². The number of imidazole rings is 1. The van der Waals surface area contributed by atoms with E-state index in [2.05, 4.69) is 9.97 Å². The van der Waals surface area contributed by atoms with E-state index in [-0.39, 0.29) is 28.6 Å². The van der Waals surface area contributed by atoms with E-state index in [1.165, 1.54) is 24.5 Å². The van der Waals surface area contributed by atoms with Crippen LogP contribution in [0.4, 0.5) is 0 Å². The van der Waals surface area contributed by atoms with Gasteiger partial charge in [-0.15, -0.1) is 0 Å². The molecule has 0 spiro atoms. The number of H-pyrrole nitrogens is 1. The van der Waals surface area contributed by atoms with Gasteiger partial charge in [-0.1, -0.05) is 0 Å². The highest BCUT2D eigenvalue weighted by Gasteiger charge is 2.31. The molecule has 0 saturated heterocycles. The zero-order chi connectivity index (χ0) is 13.6. The number of aromatic nitrogens is 2. The molecule has 1 aliphatic rings. The van der Waals surface area contributed by atoms with Crippen molar-refractivity contribution >= 4 is 11.9 Å². The van der Waals surface area contributed by atoms with Crippen LogP contribution in [-0.4, -0.2) is 26.0 Å². The number of aromatic amines is 1. The monoisotopic (exact) mass is 258 g/mol. The zero-order valence-corrected chi connectivity index (χ0v) is 9.97. The lowest BCUT2D eigenvalue weighted by Crippen LogP contribution is -1.98. The Morgan fingerprint density at radius 2 is 2.16 bits per heavy atom. The number of phenols is 2. The molecule has 1 aliphatic heterocycles. The molecular formula is C13H10N2O4. The first-order chi connectivity index (χ1) is 9.08. The molecule has 0 atom stereocenters. The van der Waals surface area contributed by atoms with Gasteiger partial charge in [0.15, 0.2) is 17.3 Å². The topological polar surface area (TPSA) is 95.4 Å². The Morgan fingerprint density at radius 3 is 2.84 bits per heavy atom. The van der Waals surface area contributed by atoms with Gasteiger partial charge in [-0.3, -0.25) is 4.79 Å². The molecule has 96 valence electrons. The first-order valence-corrected chi connectivity index (χ1v) is 5.57. The lowest BCUT2D eigenvalue weighted by molar-refractivity contribution is 0.101. The molecule has 3 rings (SSSR count). The smallest absolute Gasteiger partial charge is 0.232 e. The minimum atomic E-state index is -0.435. The highest BCUT2D eigenvalue weighted by atomic mass is 16.5.